The van der Waals surface area contributed by atoms with E-state index in [0.29, 0.717) is 13.1 Å². The first kappa shape index (κ1) is 11.7. The number of fused-ring (bicyclic) bond motifs is 3. The molecule has 2 heterocycles. The predicted molar refractivity (Wildman–Crippen MR) is 71.9 cm³/mol. The number of sulfonamides is 1. The van der Waals surface area contributed by atoms with Gasteiger partial charge in [-0.2, -0.15) is 4.31 Å². The smallest absolute Gasteiger partial charge is 0.211 e. The molecule has 0 unspecified atom stereocenters. The molecular weight excluding hydrogens is 248 g/mol. The molecule has 0 saturated heterocycles. The SMILES string of the molecule is Cn1c2c(c3ccccc31)CN(S(C)(=O)=O)CC2. The number of benzene rings is 1. The van der Waals surface area contributed by atoms with Crippen molar-refractivity contribution in [3.63, 3.8) is 0 Å². The molecule has 18 heavy (non-hydrogen) atoms. The summed E-state index contributed by atoms with van der Waals surface area (Å²) in [6.07, 6.45) is 2.07. The highest BCUT2D eigenvalue weighted by Crippen LogP contribution is 2.30. The van der Waals surface area contributed by atoms with Crippen LogP contribution in [0.15, 0.2) is 24.3 Å². The van der Waals surface area contributed by atoms with Crippen LogP contribution in [-0.4, -0.2) is 30.1 Å². The molecule has 1 aromatic heterocycles. The molecule has 0 spiro atoms. The van der Waals surface area contributed by atoms with Gasteiger partial charge in [-0.05, 0) is 11.6 Å². The number of hydrogen-bond acceptors (Lipinski definition) is 2. The van der Waals surface area contributed by atoms with E-state index >= 15 is 0 Å². The van der Waals surface area contributed by atoms with Gasteiger partial charge in [-0.1, -0.05) is 18.2 Å². The summed E-state index contributed by atoms with van der Waals surface area (Å²) in [5.41, 5.74) is 3.60. The standard InChI is InChI=1S/C13H16N2O2S/c1-14-12-6-4-3-5-10(12)11-9-15(18(2,16)17)8-7-13(11)14/h3-6H,7-9H2,1-2H3. The summed E-state index contributed by atoms with van der Waals surface area (Å²) in [6, 6.07) is 8.17. The summed E-state index contributed by atoms with van der Waals surface area (Å²) in [5.74, 6) is 0. The summed E-state index contributed by atoms with van der Waals surface area (Å²) in [6.45, 7) is 1.07. The molecule has 1 aromatic carbocycles. The van der Waals surface area contributed by atoms with Crippen LogP contribution in [0.5, 0.6) is 0 Å². The monoisotopic (exact) mass is 264 g/mol. The van der Waals surface area contributed by atoms with Crippen molar-refractivity contribution in [2.75, 3.05) is 12.8 Å². The van der Waals surface area contributed by atoms with Gasteiger partial charge >= 0.3 is 0 Å². The Labute approximate surface area is 107 Å². The zero-order valence-corrected chi connectivity index (χ0v) is 11.4. The van der Waals surface area contributed by atoms with Crippen molar-refractivity contribution >= 4 is 20.9 Å². The third-order valence-corrected chi connectivity index (χ3v) is 4.99. The lowest BCUT2D eigenvalue weighted by atomic mass is 10.1. The fourth-order valence-corrected chi connectivity index (χ4v) is 3.58. The first-order valence-corrected chi connectivity index (χ1v) is 7.83. The van der Waals surface area contributed by atoms with Crippen molar-refractivity contribution in [1.82, 2.24) is 8.87 Å². The molecule has 0 amide bonds. The van der Waals surface area contributed by atoms with Gasteiger partial charge in [0.05, 0.1) is 6.26 Å². The van der Waals surface area contributed by atoms with Gasteiger partial charge < -0.3 is 4.57 Å². The highest BCUT2D eigenvalue weighted by Gasteiger charge is 2.27. The van der Waals surface area contributed by atoms with E-state index in [2.05, 4.69) is 23.7 Å². The van der Waals surface area contributed by atoms with E-state index in [1.807, 2.05) is 12.1 Å². The minimum absolute atomic E-state index is 0.496. The molecule has 0 radical (unpaired) electrons. The van der Waals surface area contributed by atoms with Gasteiger partial charge in [-0.25, -0.2) is 8.42 Å². The van der Waals surface area contributed by atoms with Crippen molar-refractivity contribution < 1.29 is 8.42 Å². The zero-order valence-electron chi connectivity index (χ0n) is 10.5. The van der Waals surface area contributed by atoms with E-state index < -0.39 is 10.0 Å². The number of aromatic nitrogens is 1. The zero-order chi connectivity index (χ0) is 12.9. The highest BCUT2D eigenvalue weighted by molar-refractivity contribution is 7.88. The summed E-state index contributed by atoms with van der Waals surface area (Å²) < 4.78 is 27.1. The van der Waals surface area contributed by atoms with Crippen molar-refractivity contribution in [3.8, 4) is 0 Å². The number of para-hydroxylation sites is 1. The van der Waals surface area contributed by atoms with Crippen molar-refractivity contribution in [3.05, 3.63) is 35.5 Å². The Balaban J connectivity index is 2.19. The molecule has 3 rings (SSSR count). The molecule has 0 bridgehead atoms. The molecule has 1 aliphatic heterocycles. The lowest BCUT2D eigenvalue weighted by Gasteiger charge is -2.25. The Morgan fingerprint density at radius 2 is 1.94 bits per heavy atom. The van der Waals surface area contributed by atoms with Gasteiger partial charge in [0.1, 0.15) is 0 Å². The Morgan fingerprint density at radius 3 is 2.67 bits per heavy atom. The molecule has 0 N–H and O–H groups in total. The fourth-order valence-electron chi connectivity index (χ4n) is 2.79. The van der Waals surface area contributed by atoms with E-state index in [-0.39, 0.29) is 0 Å². The largest absolute Gasteiger partial charge is 0.347 e. The van der Waals surface area contributed by atoms with Gasteiger partial charge in [0.2, 0.25) is 10.0 Å². The van der Waals surface area contributed by atoms with Crippen molar-refractivity contribution in [2.45, 2.75) is 13.0 Å². The predicted octanol–water partition coefficient (Wildman–Crippen LogP) is 1.50. The summed E-state index contributed by atoms with van der Waals surface area (Å²) in [7, 11) is -1.05. The Bertz CT molecular complexity index is 716. The second-order valence-corrected chi connectivity index (χ2v) is 6.83. The summed E-state index contributed by atoms with van der Waals surface area (Å²) >= 11 is 0. The molecule has 5 heteroatoms. The molecule has 0 atom stereocenters. The van der Waals surface area contributed by atoms with Crippen LogP contribution in [0.25, 0.3) is 10.9 Å². The highest BCUT2D eigenvalue weighted by atomic mass is 32.2. The van der Waals surface area contributed by atoms with Crippen LogP contribution in [-0.2, 0) is 30.0 Å². The Kier molecular flexibility index (Phi) is 2.50. The maximum atomic E-state index is 11.7. The van der Waals surface area contributed by atoms with Gasteiger partial charge in [0.15, 0.2) is 0 Å². The number of nitrogens with zero attached hydrogens (tertiary/aromatic N) is 2. The minimum atomic E-state index is -3.10. The van der Waals surface area contributed by atoms with E-state index in [4.69, 9.17) is 0 Å². The lowest BCUT2D eigenvalue weighted by Crippen LogP contribution is -2.35. The Hall–Kier alpha value is -1.33. The van der Waals surface area contributed by atoms with Crippen LogP contribution in [0, 0.1) is 0 Å². The van der Waals surface area contributed by atoms with E-state index in [1.165, 1.54) is 22.9 Å². The maximum absolute atomic E-state index is 11.7. The maximum Gasteiger partial charge on any atom is 0.211 e. The molecule has 96 valence electrons. The number of aryl methyl sites for hydroxylation is 1. The average Bonchev–Trinajstić information content (AvgIpc) is 2.63. The second kappa shape index (κ2) is 3.83. The minimum Gasteiger partial charge on any atom is -0.347 e. The van der Waals surface area contributed by atoms with Crippen LogP contribution in [0.4, 0.5) is 0 Å². The Morgan fingerprint density at radius 1 is 1.22 bits per heavy atom. The topological polar surface area (TPSA) is 42.3 Å². The van der Waals surface area contributed by atoms with Crippen LogP contribution < -0.4 is 0 Å². The summed E-state index contributed by atoms with van der Waals surface area (Å²) in [4.78, 5) is 0. The van der Waals surface area contributed by atoms with Crippen molar-refractivity contribution in [2.24, 2.45) is 7.05 Å². The van der Waals surface area contributed by atoms with Crippen LogP contribution in [0.2, 0.25) is 0 Å². The molecule has 2 aromatic rings. The van der Waals surface area contributed by atoms with E-state index in [1.54, 1.807) is 4.31 Å². The van der Waals surface area contributed by atoms with Crippen LogP contribution in [0.3, 0.4) is 0 Å². The fraction of sp³-hybridized carbons (Fsp3) is 0.385. The third-order valence-electron chi connectivity index (χ3n) is 3.75. The van der Waals surface area contributed by atoms with Crippen LogP contribution in [0.1, 0.15) is 11.3 Å². The summed E-state index contributed by atoms with van der Waals surface area (Å²) in [5, 5.41) is 1.17. The average molecular weight is 264 g/mol. The molecule has 0 saturated carbocycles. The number of hydrogen-bond donors (Lipinski definition) is 0. The normalized spacial score (nSPS) is 17.0. The van der Waals surface area contributed by atoms with Crippen LogP contribution >= 0.6 is 0 Å². The molecule has 0 fully saturated rings. The number of rotatable bonds is 1. The van der Waals surface area contributed by atoms with Crippen molar-refractivity contribution in [1.29, 1.82) is 0 Å². The first-order valence-electron chi connectivity index (χ1n) is 5.99. The first-order chi connectivity index (χ1) is 8.48. The second-order valence-electron chi connectivity index (χ2n) is 4.85. The quantitative estimate of drug-likeness (QED) is 0.783. The molecule has 1 aliphatic rings. The van der Waals surface area contributed by atoms with Gasteiger partial charge in [0.25, 0.3) is 0 Å². The van der Waals surface area contributed by atoms with Gasteiger partial charge in [-0.15, -0.1) is 0 Å². The van der Waals surface area contributed by atoms with Gasteiger partial charge in [0, 0.05) is 43.2 Å². The molecule has 0 aliphatic carbocycles. The third kappa shape index (κ3) is 1.66. The van der Waals surface area contributed by atoms with E-state index in [0.717, 1.165) is 12.0 Å². The van der Waals surface area contributed by atoms with Gasteiger partial charge in [-0.3, -0.25) is 0 Å². The molecular formula is C13H16N2O2S. The molecule has 4 nitrogen and oxygen atoms in total. The van der Waals surface area contributed by atoms with E-state index in [9.17, 15) is 8.42 Å². The lowest BCUT2D eigenvalue weighted by molar-refractivity contribution is 0.391.